The van der Waals surface area contributed by atoms with Crippen molar-refractivity contribution in [1.29, 1.82) is 0 Å². The van der Waals surface area contributed by atoms with Crippen molar-refractivity contribution in [1.82, 2.24) is 14.1 Å². The van der Waals surface area contributed by atoms with E-state index in [4.69, 9.17) is 13.8 Å². The first-order valence-electron chi connectivity index (χ1n) is 46.8. The number of fused-ring (bicyclic) bond motifs is 10. The molecule has 0 atom stereocenters. The third-order valence-corrected chi connectivity index (χ3v) is 23.7. The number of benzene rings is 13. The number of rotatable bonds is 11. The second-order valence-electron chi connectivity index (χ2n) is 29.3. The first-order chi connectivity index (χ1) is 60.6. The predicted molar refractivity (Wildman–Crippen MR) is 435 cm³/mol. The van der Waals surface area contributed by atoms with Crippen molar-refractivity contribution >= 4 is 61.7 Å². The van der Waals surface area contributed by atoms with Crippen LogP contribution >= 0.6 is 0 Å². The summed E-state index contributed by atoms with van der Waals surface area (Å²) in [6.07, 6.45) is 5.57. The van der Waals surface area contributed by atoms with Crippen molar-refractivity contribution in [2.45, 2.75) is 92.3 Å². The Labute approximate surface area is 668 Å². The third-order valence-electron chi connectivity index (χ3n) is 19.7. The quantitative estimate of drug-likeness (QED) is 0.0560. The molecule has 0 saturated carbocycles. The molecule has 3 aromatic heterocycles. The van der Waals surface area contributed by atoms with Gasteiger partial charge in [-0.15, -0.1) is 29.7 Å². The minimum absolute atomic E-state index is 0. The van der Waals surface area contributed by atoms with Crippen LogP contribution in [-0.4, -0.2) is 22.2 Å². The van der Waals surface area contributed by atoms with Crippen LogP contribution in [-0.2, 0) is 37.3 Å². The van der Waals surface area contributed by atoms with Crippen LogP contribution in [0.3, 0.4) is 0 Å². The van der Waals surface area contributed by atoms with Gasteiger partial charge in [-0.05, 0) is 193 Å². The zero-order chi connectivity index (χ0) is 92.9. The number of ether oxygens (including phenoxy) is 1. The monoisotopic (exact) mass is 1580 g/mol. The maximum atomic E-state index is 11.2. The van der Waals surface area contributed by atoms with Crippen LogP contribution < -0.4 is 30.1 Å². The summed E-state index contributed by atoms with van der Waals surface area (Å²) in [6, 6.07) is 39.2. The Morgan fingerprint density at radius 2 is 0.990 bits per heavy atom. The smallest absolute Gasteiger partial charge is 0.268 e. The van der Waals surface area contributed by atoms with Crippen molar-refractivity contribution in [3.8, 4) is 95.5 Å². The Balaban J connectivity index is 0.0000124. The Morgan fingerprint density at radius 3 is 1.61 bits per heavy atom. The molecule has 13 aromatic carbocycles. The Morgan fingerprint density at radius 1 is 0.438 bits per heavy atom. The molecule has 4 heterocycles. The van der Waals surface area contributed by atoms with Gasteiger partial charge in [-0.25, -0.2) is 4.98 Å². The SMILES string of the molecule is [2H]c1c([2H])c([2H])c([Si](c2c([2H])c([2H])c([2H])c([2H])c2[2H])(c2c([2H])c([2H])c([2H])c([2H])c2[2H])c2c([2H])c([2H])c([2H])c(-c3cc4c5c(c3)n(-c3[c-]c(Oc6[c-]c7c(cc6)c6ccccc6n7-c6cc(C(C)(C)C)ccn6)ccc3)[c-][n+]5-c3c(-c5cc(C(C)(C)C)cc(C(C)(C)C)c5)cc(-c5c(C([2H])([2H])[2H])cccc5C([2H])([2H])[2H])cc3-c3ccccc3-c3ccccc3-4)c2[2H])c([2H])c1[2H].[Pt]. The fourth-order valence-corrected chi connectivity index (χ4v) is 18.0. The van der Waals surface area contributed by atoms with Gasteiger partial charge in [-0.3, -0.25) is 4.57 Å². The summed E-state index contributed by atoms with van der Waals surface area (Å²) in [6.45, 7) is 13.1. The molecule has 7 heteroatoms. The molecule has 516 valence electrons. The minimum Gasteiger partial charge on any atom is -0.510 e. The largest absolute Gasteiger partial charge is 0.510 e. The average Bonchev–Trinajstić information content (AvgIpc) is 0.935. The fourth-order valence-electron chi connectivity index (χ4n) is 14.4. The van der Waals surface area contributed by atoms with E-state index in [2.05, 4.69) is 99.0 Å². The molecule has 0 unspecified atom stereocenters. The van der Waals surface area contributed by atoms with E-state index >= 15 is 0 Å². The molecular formula is C98H82N4OPtSi-2. The maximum absolute atomic E-state index is 11.2. The summed E-state index contributed by atoms with van der Waals surface area (Å²) in [5.74, 6) is 1.04. The van der Waals surface area contributed by atoms with Gasteiger partial charge in [0, 0.05) is 52.5 Å². The third kappa shape index (κ3) is 12.0. The number of imidazole rings is 1. The van der Waals surface area contributed by atoms with Crippen LogP contribution in [0.1, 0.15) is 124 Å². The molecule has 0 aliphatic carbocycles. The first kappa shape index (κ1) is 45.3. The van der Waals surface area contributed by atoms with Gasteiger partial charge in [-0.2, -0.15) is 18.2 Å². The Kier molecular flexibility index (Phi) is 11.5. The van der Waals surface area contributed by atoms with E-state index in [1.54, 1.807) is 65.4 Å². The second-order valence-corrected chi connectivity index (χ2v) is 32.8. The van der Waals surface area contributed by atoms with Crippen LogP contribution in [0.25, 0.3) is 117 Å². The zero-order valence-corrected chi connectivity index (χ0v) is 62.1. The number of para-hydroxylation sites is 1. The number of nitrogens with zero attached hydrogens (tertiary/aromatic N) is 4. The molecule has 105 heavy (non-hydrogen) atoms. The molecule has 0 radical (unpaired) electrons. The van der Waals surface area contributed by atoms with Gasteiger partial charge in [0.2, 0.25) is 0 Å². The fraction of sp³-hybridized carbons (Fsp3) is 0.143. The van der Waals surface area contributed by atoms with Gasteiger partial charge in [0.25, 0.3) is 6.33 Å². The van der Waals surface area contributed by atoms with Gasteiger partial charge in [0.1, 0.15) is 5.82 Å². The summed E-state index contributed by atoms with van der Waals surface area (Å²) in [4.78, 5) is 4.90. The summed E-state index contributed by atoms with van der Waals surface area (Å²) in [5, 5.41) is -2.23. The molecule has 0 bridgehead atoms. The molecule has 0 saturated heterocycles. The molecule has 0 N–H and O–H groups in total. The molecule has 0 spiro atoms. The minimum atomic E-state index is -6.41. The molecule has 17 rings (SSSR count). The topological polar surface area (TPSA) is 35.9 Å². The van der Waals surface area contributed by atoms with Crippen molar-refractivity contribution in [3.63, 3.8) is 0 Å². The van der Waals surface area contributed by atoms with Crippen LogP contribution in [0.5, 0.6) is 11.5 Å². The van der Waals surface area contributed by atoms with Gasteiger partial charge >= 0.3 is 0 Å². The molecule has 5 nitrogen and oxygen atoms in total. The second kappa shape index (κ2) is 26.6. The van der Waals surface area contributed by atoms with Crippen LogP contribution in [0.2, 0.25) is 0 Å². The molecule has 0 amide bonds. The van der Waals surface area contributed by atoms with E-state index in [1.807, 2.05) is 94.1 Å². The van der Waals surface area contributed by atoms with Gasteiger partial charge in [0.05, 0.1) is 42.8 Å². The molecule has 16 aromatic rings. The van der Waals surface area contributed by atoms with Gasteiger partial charge in [-0.1, -0.05) is 292 Å². The molecule has 1 aliphatic heterocycles. The van der Waals surface area contributed by atoms with E-state index in [9.17, 15) is 30.2 Å². The molecule has 0 fully saturated rings. The Bertz CT molecular complexity index is 7200. The van der Waals surface area contributed by atoms with E-state index in [1.165, 1.54) is 18.2 Å². The van der Waals surface area contributed by atoms with Crippen molar-refractivity contribution < 1.29 is 64.6 Å². The van der Waals surface area contributed by atoms with Gasteiger partial charge in [0.15, 0.2) is 8.07 Å². The summed E-state index contributed by atoms with van der Waals surface area (Å²) >= 11 is 0. The van der Waals surface area contributed by atoms with E-state index in [-0.39, 0.29) is 82.6 Å². The van der Waals surface area contributed by atoms with Crippen molar-refractivity contribution in [2.75, 3.05) is 0 Å². The van der Waals surface area contributed by atoms with Crippen LogP contribution in [0.4, 0.5) is 0 Å². The number of hydrogen-bond donors (Lipinski definition) is 0. The van der Waals surface area contributed by atoms with Gasteiger partial charge < -0.3 is 13.9 Å². The molecular weight excluding hydrogens is 1470 g/mol. The number of pyridine rings is 1. The predicted octanol–water partition coefficient (Wildman–Crippen LogP) is 21.8. The number of aryl methyl sites for hydroxylation is 2. The van der Waals surface area contributed by atoms with E-state index in [0.717, 1.165) is 33.0 Å². The Hall–Kier alpha value is -11.0. The number of hydrogen-bond acceptors (Lipinski definition) is 2. The van der Waals surface area contributed by atoms with Crippen molar-refractivity contribution in [3.05, 3.63) is 343 Å². The van der Waals surface area contributed by atoms with E-state index in [0.29, 0.717) is 61.5 Å². The first-order valence-corrected chi connectivity index (χ1v) is 36.3. The van der Waals surface area contributed by atoms with Crippen LogP contribution in [0.15, 0.2) is 297 Å². The summed E-state index contributed by atoms with van der Waals surface area (Å²) < 4.78 is 253. The maximum Gasteiger partial charge on any atom is 0.268 e. The summed E-state index contributed by atoms with van der Waals surface area (Å²) in [7, 11) is -6.41. The standard InChI is InChI=1S/C98H82N4OSi.Pt/c1-64-30-27-31-65(2)93(64)69-56-86(68-52-71(97(6,7)8)59-72(53-68)98(9,10)11)94-87(57-69)82-44-23-21-42-80(82)81-43-22-24-45-83(81)88-55-67(66-32-28-41-79(54-66)104(76-35-15-12-16-36-76,77-37-17-13-18-38-77)78-39-19-14-20-40-78)58-91-95(88)101(94)63-100(91)73-33-29-34-74(61-73)103-75-48-49-85-84-46-25-26-47-89(84)102(90(85)62-75)92-60-70(50-51-99-92)96(3,4)5;/h12-60H,1-11H3;/q-2;/i1D3,2D3,12D,13D,14D,15D,16D,17D,18D,19D,20D,28D,32D,35D,36D,37D,38D,39D,40D,41D,54D;. The zero-order valence-electron chi connectivity index (χ0n) is 83.8. The normalized spacial score (nSPS) is 15.9. The van der Waals surface area contributed by atoms with Crippen LogP contribution in [0, 0.1) is 32.2 Å². The summed E-state index contributed by atoms with van der Waals surface area (Å²) in [5.41, 5.74) is 6.86. The average molecular weight is 1580 g/mol. The molecule has 1 aliphatic rings. The number of aromatic nitrogens is 4. The van der Waals surface area contributed by atoms with E-state index < -0.39 is 174 Å². The van der Waals surface area contributed by atoms with Crippen molar-refractivity contribution in [2.24, 2.45) is 0 Å².